The quantitative estimate of drug-likeness (QED) is 0.800. The molecule has 2 heterocycles. The van der Waals surface area contributed by atoms with Crippen LogP contribution < -0.4 is 19.7 Å². The molecule has 1 N–H and O–H groups in total. The molecule has 5 nitrogen and oxygen atoms in total. The van der Waals surface area contributed by atoms with Crippen LogP contribution in [0.2, 0.25) is 0 Å². The van der Waals surface area contributed by atoms with Gasteiger partial charge in [-0.1, -0.05) is 0 Å². The standard InChI is InChI=1S/C16H23N3O2S/c1-16(2,3)17-15(22)19-8-6-18(7-9-19)12-4-5-13-14(10-12)21-11-20-13/h4-5,10H,6-9,11H2,1-3H3,(H,17,22). The molecule has 0 radical (unpaired) electrons. The minimum Gasteiger partial charge on any atom is -0.454 e. The van der Waals surface area contributed by atoms with Crippen LogP contribution in [0.3, 0.4) is 0 Å². The lowest BCUT2D eigenvalue weighted by Gasteiger charge is -2.39. The van der Waals surface area contributed by atoms with Gasteiger partial charge in [0.2, 0.25) is 6.79 Å². The highest BCUT2D eigenvalue weighted by Gasteiger charge is 2.23. The lowest BCUT2D eigenvalue weighted by molar-refractivity contribution is 0.174. The second kappa shape index (κ2) is 5.83. The number of ether oxygens (including phenoxy) is 2. The SMILES string of the molecule is CC(C)(C)NC(=S)N1CCN(c2ccc3c(c2)OCO3)CC1. The number of thiocarbonyl (C=S) groups is 1. The van der Waals surface area contributed by atoms with E-state index in [0.29, 0.717) is 6.79 Å². The Kier molecular flexibility index (Phi) is 4.04. The summed E-state index contributed by atoms with van der Waals surface area (Å²) in [5.41, 5.74) is 1.18. The molecule has 6 heteroatoms. The molecule has 1 aromatic rings. The Morgan fingerprint density at radius 1 is 1.09 bits per heavy atom. The summed E-state index contributed by atoms with van der Waals surface area (Å²) in [6.45, 7) is 10.5. The van der Waals surface area contributed by atoms with E-state index in [4.69, 9.17) is 21.7 Å². The first-order valence-electron chi connectivity index (χ1n) is 7.64. The molecule has 0 aromatic heterocycles. The maximum absolute atomic E-state index is 5.50. The average molecular weight is 321 g/mol. The Balaban J connectivity index is 1.59. The number of benzene rings is 1. The van der Waals surface area contributed by atoms with Crippen molar-refractivity contribution in [2.24, 2.45) is 0 Å². The van der Waals surface area contributed by atoms with Gasteiger partial charge in [-0.2, -0.15) is 0 Å². The van der Waals surface area contributed by atoms with E-state index in [1.54, 1.807) is 0 Å². The van der Waals surface area contributed by atoms with Crippen molar-refractivity contribution < 1.29 is 9.47 Å². The molecule has 3 rings (SSSR count). The second-order valence-electron chi connectivity index (χ2n) is 6.69. The van der Waals surface area contributed by atoms with Crippen molar-refractivity contribution in [1.29, 1.82) is 0 Å². The highest BCUT2D eigenvalue weighted by molar-refractivity contribution is 7.80. The van der Waals surface area contributed by atoms with E-state index in [-0.39, 0.29) is 5.54 Å². The summed E-state index contributed by atoms with van der Waals surface area (Å²) in [7, 11) is 0. The topological polar surface area (TPSA) is 37.0 Å². The van der Waals surface area contributed by atoms with Crippen LogP contribution in [0.1, 0.15) is 20.8 Å². The van der Waals surface area contributed by atoms with Gasteiger partial charge in [0.15, 0.2) is 16.6 Å². The third-order valence-corrected chi connectivity index (χ3v) is 4.13. The molecule has 1 aromatic carbocycles. The highest BCUT2D eigenvalue weighted by Crippen LogP contribution is 2.35. The van der Waals surface area contributed by atoms with Crippen LogP contribution in [0, 0.1) is 0 Å². The molecule has 22 heavy (non-hydrogen) atoms. The predicted octanol–water partition coefficient (Wildman–Crippen LogP) is 2.21. The van der Waals surface area contributed by atoms with Crippen molar-refractivity contribution in [2.75, 3.05) is 37.9 Å². The van der Waals surface area contributed by atoms with Crippen LogP contribution in [0.5, 0.6) is 11.5 Å². The molecule has 0 amide bonds. The molecule has 0 unspecified atom stereocenters. The van der Waals surface area contributed by atoms with Gasteiger partial charge in [-0.15, -0.1) is 0 Å². The molecular weight excluding hydrogens is 298 g/mol. The lowest BCUT2D eigenvalue weighted by atomic mass is 10.1. The van der Waals surface area contributed by atoms with Crippen molar-refractivity contribution in [3.05, 3.63) is 18.2 Å². The van der Waals surface area contributed by atoms with Crippen molar-refractivity contribution in [3.63, 3.8) is 0 Å². The molecule has 2 aliphatic heterocycles. The highest BCUT2D eigenvalue weighted by atomic mass is 32.1. The van der Waals surface area contributed by atoms with E-state index in [0.717, 1.165) is 42.8 Å². The van der Waals surface area contributed by atoms with Gasteiger partial charge in [0.25, 0.3) is 0 Å². The van der Waals surface area contributed by atoms with Gasteiger partial charge in [-0.25, -0.2) is 0 Å². The minimum absolute atomic E-state index is 0.00550. The number of nitrogens with zero attached hydrogens (tertiary/aromatic N) is 2. The lowest BCUT2D eigenvalue weighted by Crippen LogP contribution is -2.55. The number of piperazine rings is 1. The fourth-order valence-electron chi connectivity index (χ4n) is 2.65. The number of fused-ring (bicyclic) bond motifs is 1. The van der Waals surface area contributed by atoms with E-state index < -0.39 is 0 Å². The minimum atomic E-state index is 0.00550. The molecule has 0 atom stereocenters. The van der Waals surface area contributed by atoms with Crippen molar-refractivity contribution >= 4 is 23.0 Å². The van der Waals surface area contributed by atoms with Crippen molar-refractivity contribution in [1.82, 2.24) is 10.2 Å². The first-order chi connectivity index (χ1) is 10.4. The van der Waals surface area contributed by atoms with E-state index >= 15 is 0 Å². The predicted molar refractivity (Wildman–Crippen MR) is 91.8 cm³/mol. The van der Waals surface area contributed by atoms with Crippen LogP contribution in [0.25, 0.3) is 0 Å². The Morgan fingerprint density at radius 3 is 2.45 bits per heavy atom. The van der Waals surface area contributed by atoms with Crippen LogP contribution in [-0.2, 0) is 0 Å². The third-order valence-electron chi connectivity index (χ3n) is 3.77. The summed E-state index contributed by atoms with van der Waals surface area (Å²) < 4.78 is 10.8. The average Bonchev–Trinajstić information content (AvgIpc) is 2.93. The Morgan fingerprint density at radius 2 is 1.77 bits per heavy atom. The van der Waals surface area contributed by atoms with Gasteiger partial charge in [-0.05, 0) is 45.1 Å². The van der Waals surface area contributed by atoms with Gasteiger partial charge < -0.3 is 24.6 Å². The molecule has 0 aliphatic carbocycles. The Labute approximate surface area is 137 Å². The fraction of sp³-hybridized carbons (Fsp3) is 0.562. The zero-order valence-corrected chi connectivity index (χ0v) is 14.2. The first kappa shape index (κ1) is 15.2. The maximum atomic E-state index is 5.50. The normalized spacial score (nSPS) is 17.6. The molecule has 0 saturated carbocycles. The summed E-state index contributed by atoms with van der Waals surface area (Å²) in [5.74, 6) is 1.67. The Hall–Kier alpha value is -1.69. The number of nitrogens with one attached hydrogen (secondary N) is 1. The number of hydrogen-bond acceptors (Lipinski definition) is 4. The number of anilines is 1. The summed E-state index contributed by atoms with van der Waals surface area (Å²) in [6.07, 6.45) is 0. The van der Waals surface area contributed by atoms with Gasteiger partial charge >= 0.3 is 0 Å². The largest absolute Gasteiger partial charge is 0.454 e. The molecule has 2 aliphatic rings. The monoisotopic (exact) mass is 321 g/mol. The molecule has 0 bridgehead atoms. The van der Waals surface area contributed by atoms with Gasteiger partial charge in [0.1, 0.15) is 0 Å². The summed E-state index contributed by atoms with van der Waals surface area (Å²) in [4.78, 5) is 4.60. The van der Waals surface area contributed by atoms with E-state index in [1.807, 2.05) is 6.07 Å². The third kappa shape index (κ3) is 3.38. The molecular formula is C16H23N3O2S. The zero-order chi connectivity index (χ0) is 15.7. The number of hydrogen-bond donors (Lipinski definition) is 1. The summed E-state index contributed by atoms with van der Waals surface area (Å²) in [5, 5.41) is 4.22. The van der Waals surface area contributed by atoms with Gasteiger partial charge in [0.05, 0.1) is 0 Å². The van der Waals surface area contributed by atoms with Crippen LogP contribution in [0.15, 0.2) is 18.2 Å². The van der Waals surface area contributed by atoms with Crippen LogP contribution in [-0.4, -0.2) is 48.5 Å². The van der Waals surface area contributed by atoms with E-state index in [9.17, 15) is 0 Å². The Bertz CT molecular complexity index is 563. The summed E-state index contributed by atoms with van der Waals surface area (Å²) >= 11 is 5.50. The molecule has 1 saturated heterocycles. The first-order valence-corrected chi connectivity index (χ1v) is 8.05. The summed E-state index contributed by atoms with van der Waals surface area (Å²) in [6, 6.07) is 6.13. The second-order valence-corrected chi connectivity index (χ2v) is 7.08. The van der Waals surface area contributed by atoms with Gasteiger partial charge in [0, 0.05) is 43.5 Å². The fourth-order valence-corrected chi connectivity index (χ4v) is 3.14. The molecule has 0 spiro atoms. The van der Waals surface area contributed by atoms with Gasteiger partial charge in [-0.3, -0.25) is 0 Å². The van der Waals surface area contributed by atoms with E-state index in [1.165, 1.54) is 5.69 Å². The van der Waals surface area contributed by atoms with E-state index in [2.05, 4.69) is 48.0 Å². The maximum Gasteiger partial charge on any atom is 0.231 e. The van der Waals surface area contributed by atoms with Crippen molar-refractivity contribution in [2.45, 2.75) is 26.3 Å². The molecule has 1 fully saturated rings. The van der Waals surface area contributed by atoms with Crippen molar-refractivity contribution in [3.8, 4) is 11.5 Å². The van der Waals surface area contributed by atoms with Crippen LogP contribution in [0.4, 0.5) is 5.69 Å². The number of rotatable bonds is 1. The zero-order valence-electron chi connectivity index (χ0n) is 13.4. The van der Waals surface area contributed by atoms with Crippen LogP contribution >= 0.6 is 12.2 Å². The smallest absolute Gasteiger partial charge is 0.231 e. The molecule has 120 valence electrons.